The van der Waals surface area contributed by atoms with Gasteiger partial charge < -0.3 is 19.5 Å². The molecule has 4 rings (SSSR count). The molecule has 216 valence electrons. The Balaban J connectivity index is 1.42. The molecule has 0 atom stereocenters. The van der Waals surface area contributed by atoms with E-state index in [4.69, 9.17) is 19.2 Å². The predicted molar refractivity (Wildman–Crippen MR) is 157 cm³/mol. The summed E-state index contributed by atoms with van der Waals surface area (Å²) in [5, 5.41) is 11.1. The fourth-order valence-electron chi connectivity index (χ4n) is 4.29. The van der Waals surface area contributed by atoms with Gasteiger partial charge in [0.2, 0.25) is 0 Å². The molecule has 0 aliphatic carbocycles. The van der Waals surface area contributed by atoms with Gasteiger partial charge in [-0.25, -0.2) is 9.78 Å². The van der Waals surface area contributed by atoms with E-state index < -0.39 is 11.7 Å². The number of aromatic nitrogens is 4. The van der Waals surface area contributed by atoms with Crippen molar-refractivity contribution >= 4 is 22.9 Å². The van der Waals surface area contributed by atoms with Gasteiger partial charge in [0.25, 0.3) is 0 Å². The highest BCUT2D eigenvalue weighted by Gasteiger charge is 2.16. The summed E-state index contributed by atoms with van der Waals surface area (Å²) in [5.41, 5.74) is 4.82. The van der Waals surface area contributed by atoms with Crippen LogP contribution in [0, 0.1) is 6.92 Å². The van der Waals surface area contributed by atoms with E-state index in [1.54, 1.807) is 31.5 Å². The Morgan fingerprint density at radius 3 is 2.59 bits per heavy atom. The van der Waals surface area contributed by atoms with Crippen LogP contribution in [0.5, 0.6) is 11.5 Å². The highest BCUT2D eigenvalue weighted by Crippen LogP contribution is 2.27. The number of Topliss-reactive ketones (excluding diaryl/α,β-unsaturated/α-hetero) is 1. The molecule has 1 amide bonds. The second-order valence-electron chi connectivity index (χ2n) is 10.7. The average molecular weight is 560 g/mol. The first-order valence-corrected chi connectivity index (χ1v) is 13.7. The maximum atomic E-state index is 13.3. The molecule has 0 bridgehead atoms. The molecule has 0 spiro atoms. The molecule has 0 saturated carbocycles. The van der Waals surface area contributed by atoms with Crippen molar-refractivity contribution in [3.8, 4) is 22.8 Å². The predicted octanol–water partition coefficient (Wildman–Crippen LogP) is 5.62. The fraction of sp³-hybridized carbons (Fsp3) is 0.387. The smallest absolute Gasteiger partial charge is 0.407 e. The first kappa shape index (κ1) is 29.5. The molecule has 3 aromatic heterocycles. The van der Waals surface area contributed by atoms with Gasteiger partial charge in [0.1, 0.15) is 17.1 Å². The zero-order valence-corrected chi connectivity index (χ0v) is 24.5. The summed E-state index contributed by atoms with van der Waals surface area (Å²) < 4.78 is 16.5. The van der Waals surface area contributed by atoms with Gasteiger partial charge in [-0.05, 0) is 76.4 Å². The van der Waals surface area contributed by atoms with Gasteiger partial charge in [0.15, 0.2) is 11.4 Å². The van der Waals surface area contributed by atoms with E-state index >= 15 is 0 Å². The molecule has 2 N–H and O–H groups in total. The zero-order valence-electron chi connectivity index (χ0n) is 24.5. The Hall–Kier alpha value is -4.47. The number of amides is 1. The van der Waals surface area contributed by atoms with Crippen molar-refractivity contribution in [2.24, 2.45) is 0 Å². The van der Waals surface area contributed by atoms with Crippen molar-refractivity contribution in [1.82, 2.24) is 25.5 Å². The zero-order chi connectivity index (χ0) is 29.6. The number of alkyl carbamates (subject to hydrolysis) is 1. The normalized spacial score (nSPS) is 11.4. The van der Waals surface area contributed by atoms with Crippen LogP contribution in [0.2, 0.25) is 0 Å². The number of ether oxygens (including phenoxy) is 3. The van der Waals surface area contributed by atoms with Gasteiger partial charge in [0, 0.05) is 53.1 Å². The van der Waals surface area contributed by atoms with Crippen molar-refractivity contribution in [3.05, 3.63) is 65.1 Å². The van der Waals surface area contributed by atoms with E-state index in [1.807, 2.05) is 45.9 Å². The first-order chi connectivity index (χ1) is 19.6. The number of rotatable bonds is 11. The summed E-state index contributed by atoms with van der Waals surface area (Å²) in [4.78, 5) is 34.4. The number of carbonyl (C=O) groups is 2. The highest BCUT2D eigenvalue weighted by atomic mass is 16.6. The lowest BCUT2D eigenvalue weighted by Crippen LogP contribution is -2.33. The molecule has 10 heteroatoms. The molecule has 0 fully saturated rings. The van der Waals surface area contributed by atoms with E-state index in [1.165, 1.54) is 0 Å². The second kappa shape index (κ2) is 12.8. The number of nitrogens with one attached hydrogen (secondary N) is 2. The summed E-state index contributed by atoms with van der Waals surface area (Å²) in [5.74, 6) is 0.930. The van der Waals surface area contributed by atoms with Crippen LogP contribution in [0.4, 0.5) is 4.79 Å². The van der Waals surface area contributed by atoms with E-state index in [9.17, 15) is 9.59 Å². The minimum atomic E-state index is -0.551. The van der Waals surface area contributed by atoms with Gasteiger partial charge >= 0.3 is 6.09 Å². The number of aryl methyl sites for hydroxylation is 2. The van der Waals surface area contributed by atoms with Crippen LogP contribution in [-0.4, -0.2) is 57.9 Å². The first-order valence-electron chi connectivity index (χ1n) is 13.7. The summed E-state index contributed by atoms with van der Waals surface area (Å²) in [6.07, 6.45) is 2.81. The molecular formula is C31H37N5O5. The van der Waals surface area contributed by atoms with E-state index in [-0.39, 0.29) is 12.2 Å². The third kappa shape index (κ3) is 7.81. The van der Waals surface area contributed by atoms with Gasteiger partial charge in [-0.2, -0.15) is 5.10 Å². The van der Waals surface area contributed by atoms with Crippen molar-refractivity contribution < 1.29 is 23.8 Å². The summed E-state index contributed by atoms with van der Waals surface area (Å²) in [7, 11) is 1.54. The number of aromatic amines is 1. The van der Waals surface area contributed by atoms with Crippen LogP contribution in [0.25, 0.3) is 22.3 Å². The maximum absolute atomic E-state index is 13.3. The minimum absolute atomic E-state index is 0.0970. The van der Waals surface area contributed by atoms with Gasteiger partial charge in [-0.3, -0.25) is 14.9 Å². The Bertz CT molecular complexity index is 1540. The molecule has 0 unspecified atom stereocenters. The number of H-pyrrole nitrogens is 1. The highest BCUT2D eigenvalue weighted by molar-refractivity contribution is 5.98. The fourth-order valence-corrected chi connectivity index (χ4v) is 4.29. The molecule has 41 heavy (non-hydrogen) atoms. The van der Waals surface area contributed by atoms with E-state index in [2.05, 4.69) is 27.4 Å². The minimum Gasteiger partial charge on any atom is -0.497 e. The lowest BCUT2D eigenvalue weighted by Gasteiger charge is -2.19. The lowest BCUT2D eigenvalue weighted by atomic mass is 10.0. The van der Waals surface area contributed by atoms with Crippen LogP contribution in [0.3, 0.4) is 0 Å². The number of pyridine rings is 2. The molecule has 3 heterocycles. The maximum Gasteiger partial charge on any atom is 0.407 e. The van der Waals surface area contributed by atoms with Gasteiger partial charge in [0.05, 0.1) is 19.4 Å². The number of fused-ring (bicyclic) bond motifs is 1. The molecule has 0 aliphatic rings. The number of hydrogen-bond acceptors (Lipinski definition) is 8. The molecular weight excluding hydrogens is 522 g/mol. The van der Waals surface area contributed by atoms with Crippen molar-refractivity contribution in [2.75, 3.05) is 20.3 Å². The SMILES string of the molecule is CCc1[nH]nc2nc(-c3cc(CC(=O)c4cc(OC)cc(OCCCNC(=O)OC(C)(C)C)c4)cnc3C)ccc12. The molecule has 10 nitrogen and oxygen atoms in total. The summed E-state index contributed by atoms with van der Waals surface area (Å²) in [6, 6.07) is 11.1. The number of hydrogen-bond donors (Lipinski definition) is 2. The monoisotopic (exact) mass is 559 g/mol. The molecule has 0 saturated heterocycles. The van der Waals surface area contributed by atoms with Gasteiger partial charge in [-0.1, -0.05) is 6.92 Å². The number of methoxy groups -OCH3 is 1. The quantitative estimate of drug-likeness (QED) is 0.179. The standard InChI is InChI=1S/C31H37N5O5/c1-7-26-24-9-10-27(34-29(24)36-35-26)25-13-20(18-33-19(25)2)14-28(37)21-15-22(39-6)17-23(16-21)40-12-8-11-32-30(38)41-31(3,4)5/h9-10,13,15-18H,7-8,11-12,14H2,1-6H3,(H,32,38)(H,34,35,36). The Morgan fingerprint density at radius 1 is 1.07 bits per heavy atom. The Kier molecular flexibility index (Phi) is 9.21. The largest absolute Gasteiger partial charge is 0.497 e. The van der Waals surface area contributed by atoms with Crippen molar-refractivity contribution in [3.63, 3.8) is 0 Å². The number of ketones is 1. The summed E-state index contributed by atoms with van der Waals surface area (Å²) in [6.45, 7) is 10.2. The number of carbonyl (C=O) groups excluding carboxylic acids is 2. The molecule has 4 aromatic rings. The van der Waals surface area contributed by atoms with Crippen molar-refractivity contribution in [1.29, 1.82) is 0 Å². The molecule has 0 aliphatic heterocycles. The van der Waals surface area contributed by atoms with Crippen LogP contribution >= 0.6 is 0 Å². The Labute approximate surface area is 239 Å². The molecule has 0 radical (unpaired) electrons. The van der Waals surface area contributed by atoms with Crippen LogP contribution in [0.1, 0.15) is 61.4 Å². The topological polar surface area (TPSA) is 128 Å². The van der Waals surface area contributed by atoms with E-state index in [0.717, 1.165) is 40.0 Å². The average Bonchev–Trinajstić information content (AvgIpc) is 3.35. The van der Waals surface area contributed by atoms with Crippen LogP contribution < -0.4 is 14.8 Å². The van der Waals surface area contributed by atoms with Crippen LogP contribution in [0.15, 0.2) is 42.6 Å². The Morgan fingerprint density at radius 2 is 1.85 bits per heavy atom. The summed E-state index contributed by atoms with van der Waals surface area (Å²) >= 11 is 0. The third-order valence-electron chi connectivity index (χ3n) is 6.33. The molecule has 1 aromatic carbocycles. The number of nitrogens with zero attached hydrogens (tertiary/aromatic N) is 3. The number of benzene rings is 1. The second-order valence-corrected chi connectivity index (χ2v) is 10.7. The lowest BCUT2D eigenvalue weighted by molar-refractivity contribution is 0.0525. The van der Waals surface area contributed by atoms with E-state index in [0.29, 0.717) is 42.3 Å². The van der Waals surface area contributed by atoms with Crippen molar-refractivity contribution in [2.45, 2.75) is 59.5 Å². The third-order valence-corrected chi connectivity index (χ3v) is 6.33. The van der Waals surface area contributed by atoms with Gasteiger partial charge in [-0.15, -0.1) is 0 Å². The van der Waals surface area contributed by atoms with Crippen LogP contribution in [-0.2, 0) is 17.6 Å².